The highest BCUT2D eigenvalue weighted by molar-refractivity contribution is 7.13. The van der Waals surface area contributed by atoms with E-state index < -0.39 is 0 Å². The second-order valence-corrected chi connectivity index (χ2v) is 4.32. The van der Waals surface area contributed by atoms with Gasteiger partial charge >= 0.3 is 0 Å². The van der Waals surface area contributed by atoms with Crippen LogP contribution in [-0.4, -0.2) is 22.0 Å². The van der Waals surface area contributed by atoms with E-state index in [9.17, 15) is 9.59 Å². The number of aldehydes is 1. The second kappa shape index (κ2) is 4.02. The molecule has 0 atom stereocenters. The molecule has 5 heteroatoms. The summed E-state index contributed by atoms with van der Waals surface area (Å²) >= 11 is 1.43. The van der Waals surface area contributed by atoms with E-state index in [1.165, 1.54) is 18.3 Å². The van der Waals surface area contributed by atoms with Crippen LogP contribution in [-0.2, 0) is 0 Å². The molecule has 0 saturated carbocycles. The minimum Gasteiger partial charge on any atom is -0.349 e. The number of nitrogens with zero attached hydrogens (tertiary/aromatic N) is 1. The van der Waals surface area contributed by atoms with E-state index in [4.69, 9.17) is 0 Å². The highest BCUT2D eigenvalue weighted by atomic mass is 32.1. The number of aromatic nitrogens is 2. The lowest BCUT2D eigenvalue weighted by molar-refractivity contribution is 0.101. The molecule has 0 radical (unpaired) electrons. The van der Waals surface area contributed by atoms with Gasteiger partial charge in [-0.15, -0.1) is 11.3 Å². The number of hydrogen-bond donors (Lipinski definition) is 1. The van der Waals surface area contributed by atoms with Crippen molar-refractivity contribution in [3.8, 4) is 10.7 Å². The number of thiazole rings is 1. The fraction of sp³-hybridized carbons (Fsp3) is 0.182. The Morgan fingerprint density at radius 3 is 2.81 bits per heavy atom. The molecule has 0 fully saturated rings. The summed E-state index contributed by atoms with van der Waals surface area (Å²) in [5.41, 5.74) is 2.31. The molecule has 16 heavy (non-hydrogen) atoms. The van der Waals surface area contributed by atoms with Gasteiger partial charge in [-0.25, -0.2) is 4.98 Å². The maximum Gasteiger partial charge on any atom is 0.176 e. The SMILES string of the molecule is CC(=O)c1[nH]c(-c2nccs2)c(C=O)c1C. The van der Waals surface area contributed by atoms with E-state index in [0.717, 1.165) is 11.3 Å². The summed E-state index contributed by atoms with van der Waals surface area (Å²) < 4.78 is 0. The van der Waals surface area contributed by atoms with E-state index in [2.05, 4.69) is 9.97 Å². The number of carbonyl (C=O) groups excluding carboxylic acids is 2. The summed E-state index contributed by atoms with van der Waals surface area (Å²) in [6.07, 6.45) is 2.42. The number of H-pyrrole nitrogens is 1. The zero-order valence-electron chi connectivity index (χ0n) is 8.90. The van der Waals surface area contributed by atoms with Gasteiger partial charge in [0.25, 0.3) is 0 Å². The van der Waals surface area contributed by atoms with Crippen molar-refractivity contribution in [2.45, 2.75) is 13.8 Å². The van der Waals surface area contributed by atoms with Gasteiger partial charge in [0, 0.05) is 24.1 Å². The predicted molar refractivity (Wildman–Crippen MR) is 62.0 cm³/mol. The molecule has 1 N–H and O–H groups in total. The fourth-order valence-corrected chi connectivity index (χ4v) is 2.27. The van der Waals surface area contributed by atoms with Gasteiger partial charge in [0.15, 0.2) is 12.1 Å². The normalized spacial score (nSPS) is 10.4. The van der Waals surface area contributed by atoms with Crippen molar-refractivity contribution in [2.24, 2.45) is 0 Å². The Balaban J connectivity index is 2.66. The van der Waals surface area contributed by atoms with Crippen molar-refractivity contribution in [1.29, 1.82) is 0 Å². The first-order chi connectivity index (χ1) is 7.65. The number of hydrogen-bond acceptors (Lipinski definition) is 4. The van der Waals surface area contributed by atoms with Crippen molar-refractivity contribution >= 4 is 23.4 Å². The highest BCUT2D eigenvalue weighted by Crippen LogP contribution is 2.28. The Hall–Kier alpha value is -1.75. The molecule has 0 aromatic carbocycles. The summed E-state index contributed by atoms with van der Waals surface area (Å²) in [5, 5.41) is 2.55. The van der Waals surface area contributed by atoms with Gasteiger partial charge in [-0.2, -0.15) is 0 Å². The molecule has 0 saturated heterocycles. The Bertz CT molecular complexity index is 541. The first-order valence-electron chi connectivity index (χ1n) is 4.73. The fourth-order valence-electron chi connectivity index (χ4n) is 1.62. The van der Waals surface area contributed by atoms with Crippen LogP contribution in [0.2, 0.25) is 0 Å². The maximum absolute atomic E-state index is 11.4. The topological polar surface area (TPSA) is 62.8 Å². The van der Waals surface area contributed by atoms with Crippen LogP contribution >= 0.6 is 11.3 Å². The van der Waals surface area contributed by atoms with Crippen molar-refractivity contribution in [1.82, 2.24) is 9.97 Å². The lowest BCUT2D eigenvalue weighted by Crippen LogP contribution is -1.94. The second-order valence-electron chi connectivity index (χ2n) is 3.42. The van der Waals surface area contributed by atoms with Crippen LogP contribution in [0, 0.1) is 6.92 Å². The van der Waals surface area contributed by atoms with Gasteiger partial charge in [0.2, 0.25) is 0 Å². The molecule has 2 aromatic heterocycles. The van der Waals surface area contributed by atoms with Crippen molar-refractivity contribution in [3.05, 3.63) is 28.4 Å². The van der Waals surface area contributed by atoms with E-state index in [1.807, 2.05) is 5.38 Å². The molecule has 2 aromatic rings. The number of nitrogens with one attached hydrogen (secondary N) is 1. The molecule has 4 nitrogen and oxygen atoms in total. The zero-order valence-corrected chi connectivity index (χ0v) is 9.72. The lowest BCUT2D eigenvalue weighted by atomic mass is 10.1. The molecule has 0 spiro atoms. The van der Waals surface area contributed by atoms with Crippen LogP contribution in [0.5, 0.6) is 0 Å². The van der Waals surface area contributed by atoms with Gasteiger partial charge in [-0.1, -0.05) is 0 Å². The van der Waals surface area contributed by atoms with Gasteiger partial charge in [-0.05, 0) is 12.5 Å². The van der Waals surface area contributed by atoms with Crippen molar-refractivity contribution < 1.29 is 9.59 Å². The lowest BCUT2D eigenvalue weighted by Gasteiger charge is -1.92. The summed E-state index contributed by atoms with van der Waals surface area (Å²) in [4.78, 5) is 29.5. The molecule has 82 valence electrons. The first-order valence-corrected chi connectivity index (χ1v) is 5.61. The average molecular weight is 234 g/mol. The van der Waals surface area contributed by atoms with E-state index in [1.54, 1.807) is 13.1 Å². The minimum atomic E-state index is -0.0802. The molecule has 2 heterocycles. The third-order valence-electron chi connectivity index (χ3n) is 2.41. The zero-order chi connectivity index (χ0) is 11.7. The summed E-state index contributed by atoms with van der Waals surface area (Å²) in [5.74, 6) is -0.0802. The Morgan fingerprint density at radius 2 is 2.31 bits per heavy atom. The Morgan fingerprint density at radius 1 is 1.56 bits per heavy atom. The summed E-state index contributed by atoms with van der Waals surface area (Å²) in [7, 11) is 0. The van der Waals surface area contributed by atoms with Crippen LogP contribution in [0.25, 0.3) is 10.7 Å². The molecule has 0 aliphatic carbocycles. The molecule has 2 rings (SSSR count). The maximum atomic E-state index is 11.4. The quantitative estimate of drug-likeness (QED) is 0.655. The van der Waals surface area contributed by atoms with Crippen LogP contribution < -0.4 is 0 Å². The van der Waals surface area contributed by atoms with Crippen LogP contribution in [0.15, 0.2) is 11.6 Å². The number of rotatable bonds is 3. The molecule has 0 aliphatic rings. The molecule has 0 bridgehead atoms. The Labute approximate surface area is 96.3 Å². The first kappa shape index (κ1) is 10.8. The smallest absolute Gasteiger partial charge is 0.176 e. The number of aromatic amines is 1. The predicted octanol–water partition coefficient (Wildman–Crippen LogP) is 2.46. The van der Waals surface area contributed by atoms with Crippen molar-refractivity contribution in [2.75, 3.05) is 0 Å². The third kappa shape index (κ3) is 1.59. The van der Waals surface area contributed by atoms with Gasteiger partial charge < -0.3 is 4.98 Å². The third-order valence-corrected chi connectivity index (χ3v) is 3.21. The van der Waals surface area contributed by atoms with Crippen LogP contribution in [0.1, 0.15) is 33.3 Å². The van der Waals surface area contributed by atoms with Gasteiger partial charge in [-0.3, -0.25) is 9.59 Å². The number of carbonyl (C=O) groups is 2. The highest BCUT2D eigenvalue weighted by Gasteiger charge is 2.18. The summed E-state index contributed by atoms with van der Waals surface area (Å²) in [6.45, 7) is 3.23. The van der Waals surface area contributed by atoms with Gasteiger partial charge in [0.05, 0.1) is 11.4 Å². The molecule has 0 amide bonds. The molecule has 0 unspecified atom stereocenters. The van der Waals surface area contributed by atoms with Crippen LogP contribution in [0.3, 0.4) is 0 Å². The van der Waals surface area contributed by atoms with Crippen LogP contribution in [0.4, 0.5) is 0 Å². The van der Waals surface area contributed by atoms with E-state index >= 15 is 0 Å². The largest absolute Gasteiger partial charge is 0.349 e. The van der Waals surface area contributed by atoms with E-state index in [0.29, 0.717) is 22.5 Å². The molecular formula is C11H10N2O2S. The monoisotopic (exact) mass is 234 g/mol. The molecule has 0 aliphatic heterocycles. The van der Waals surface area contributed by atoms with Crippen molar-refractivity contribution in [3.63, 3.8) is 0 Å². The number of ketones is 1. The number of Topliss-reactive ketones (excluding diaryl/α,β-unsaturated/α-hetero) is 1. The minimum absolute atomic E-state index is 0.0802. The average Bonchev–Trinajstić information content (AvgIpc) is 2.83. The standard InChI is InChI=1S/C11H10N2O2S/c1-6-8(5-14)10(11-12-3-4-16-11)13-9(6)7(2)15/h3-5,13H,1-2H3. The Kier molecular flexibility index (Phi) is 2.70. The van der Waals surface area contributed by atoms with E-state index in [-0.39, 0.29) is 5.78 Å². The molecular weight excluding hydrogens is 224 g/mol. The van der Waals surface area contributed by atoms with Gasteiger partial charge in [0.1, 0.15) is 5.01 Å². The summed E-state index contributed by atoms with van der Waals surface area (Å²) in [6, 6.07) is 0.